The van der Waals surface area contributed by atoms with E-state index in [1.165, 1.54) is 4.90 Å². The Hall–Kier alpha value is -1.26. The Morgan fingerprint density at radius 1 is 1.38 bits per heavy atom. The third-order valence-electron chi connectivity index (χ3n) is 2.38. The number of hydrogen-bond acceptors (Lipinski definition) is 2. The van der Waals surface area contributed by atoms with Crippen molar-refractivity contribution in [1.82, 2.24) is 9.97 Å². The van der Waals surface area contributed by atoms with Gasteiger partial charge in [0.25, 0.3) is 0 Å². The van der Waals surface area contributed by atoms with Gasteiger partial charge in [-0.05, 0) is 19.1 Å². The molecule has 0 atom stereocenters. The fourth-order valence-corrected chi connectivity index (χ4v) is 1.77. The van der Waals surface area contributed by atoms with Gasteiger partial charge in [-0.1, -0.05) is 0 Å². The summed E-state index contributed by atoms with van der Waals surface area (Å²) >= 11 is 0. The third-order valence-corrected chi connectivity index (χ3v) is 2.38. The van der Waals surface area contributed by atoms with Crippen LogP contribution in [0.5, 0.6) is 5.75 Å². The molecule has 0 unspecified atom stereocenters. The molecule has 1 aromatic carbocycles. The minimum Gasteiger partial charge on any atom is -1.00 e. The van der Waals surface area contributed by atoms with Gasteiger partial charge in [-0.15, -0.1) is 0 Å². The molecule has 0 saturated heterocycles. The molecule has 0 radical (unpaired) electrons. The first-order valence-electron chi connectivity index (χ1n) is 5.04. The Bertz CT molecular complexity index is 493. The average molecular weight is 242 g/mol. The zero-order valence-electron chi connectivity index (χ0n) is 9.63. The predicted octanol–water partition coefficient (Wildman–Crippen LogP) is -2.77. The molecule has 0 aliphatic rings. The van der Waals surface area contributed by atoms with E-state index in [0.29, 0.717) is 5.75 Å². The van der Waals surface area contributed by atoms with Gasteiger partial charge in [-0.25, -0.2) is 4.98 Å². The van der Waals surface area contributed by atoms with E-state index in [-0.39, 0.29) is 12.4 Å². The molecule has 0 saturated carbocycles. The average Bonchev–Trinajstić information content (AvgIpc) is 2.51. The molecular formula is C11H16ClN3O. The number of nitrogens with one attached hydrogen (secondary N) is 2. The van der Waals surface area contributed by atoms with E-state index in [1.807, 2.05) is 13.0 Å². The highest BCUT2D eigenvalue weighted by Crippen LogP contribution is 2.24. The maximum atomic E-state index is 9.80. The second-order valence-electron chi connectivity index (χ2n) is 4.17. The zero-order chi connectivity index (χ0) is 11.0. The molecule has 16 heavy (non-hydrogen) atoms. The van der Waals surface area contributed by atoms with Crippen molar-refractivity contribution in [2.75, 3.05) is 14.1 Å². The highest BCUT2D eigenvalue weighted by molar-refractivity contribution is 5.81. The Morgan fingerprint density at radius 3 is 2.69 bits per heavy atom. The normalized spacial score (nSPS) is 10.8. The van der Waals surface area contributed by atoms with Crippen LogP contribution in [0.4, 0.5) is 0 Å². The predicted molar refractivity (Wildman–Crippen MR) is 59.0 cm³/mol. The summed E-state index contributed by atoms with van der Waals surface area (Å²) in [6.07, 6.45) is 0. The number of aromatic amines is 1. The number of phenolic OH excluding ortho intramolecular Hbond substituents is 1. The van der Waals surface area contributed by atoms with Gasteiger partial charge in [0.05, 0.1) is 25.2 Å². The number of aryl methyl sites for hydroxylation is 1. The van der Waals surface area contributed by atoms with Crippen molar-refractivity contribution in [3.05, 3.63) is 23.5 Å². The molecule has 0 bridgehead atoms. The van der Waals surface area contributed by atoms with Crippen LogP contribution in [0.1, 0.15) is 11.4 Å². The van der Waals surface area contributed by atoms with Crippen LogP contribution in [0.3, 0.4) is 0 Å². The number of H-pyrrole nitrogens is 1. The van der Waals surface area contributed by atoms with Crippen LogP contribution in [0.2, 0.25) is 0 Å². The van der Waals surface area contributed by atoms with Gasteiger partial charge in [0.2, 0.25) is 0 Å². The van der Waals surface area contributed by atoms with Gasteiger partial charge >= 0.3 is 0 Å². The van der Waals surface area contributed by atoms with Crippen molar-refractivity contribution in [1.29, 1.82) is 0 Å². The highest BCUT2D eigenvalue weighted by Gasteiger charge is 2.12. The smallest absolute Gasteiger partial charge is 0.126 e. The van der Waals surface area contributed by atoms with Crippen molar-refractivity contribution >= 4 is 11.0 Å². The summed E-state index contributed by atoms with van der Waals surface area (Å²) in [5, 5.41) is 9.80. The van der Waals surface area contributed by atoms with Gasteiger partial charge in [-0.2, -0.15) is 0 Å². The van der Waals surface area contributed by atoms with Crippen LogP contribution >= 0.6 is 0 Å². The molecule has 0 spiro atoms. The molecule has 3 N–H and O–H groups in total. The van der Waals surface area contributed by atoms with E-state index >= 15 is 0 Å². The van der Waals surface area contributed by atoms with Gasteiger partial charge in [0.15, 0.2) is 0 Å². The van der Waals surface area contributed by atoms with Crippen molar-refractivity contribution < 1.29 is 22.4 Å². The number of aromatic nitrogens is 2. The molecule has 0 aliphatic carbocycles. The standard InChI is InChI=1S/C11H15N3O.ClH/c1-7-12-9-4-5-10(15)8(6-14(2)3)11(9)13-7;/h4-5,15H,6H2,1-3H3,(H,12,13);1H. The van der Waals surface area contributed by atoms with Gasteiger partial charge in [-0.3, -0.25) is 0 Å². The quantitative estimate of drug-likeness (QED) is 0.533. The van der Waals surface area contributed by atoms with Crippen LogP contribution in [0.25, 0.3) is 11.0 Å². The van der Waals surface area contributed by atoms with E-state index in [9.17, 15) is 5.11 Å². The van der Waals surface area contributed by atoms with Crippen molar-refractivity contribution in [2.45, 2.75) is 13.5 Å². The fraction of sp³-hybridized carbons (Fsp3) is 0.364. The lowest BCUT2D eigenvalue weighted by molar-refractivity contribution is -0.872. The van der Waals surface area contributed by atoms with E-state index in [4.69, 9.17) is 0 Å². The molecule has 5 heteroatoms. The molecule has 2 rings (SSSR count). The molecule has 4 nitrogen and oxygen atoms in total. The first-order valence-corrected chi connectivity index (χ1v) is 5.04. The zero-order valence-corrected chi connectivity index (χ0v) is 10.4. The summed E-state index contributed by atoms with van der Waals surface area (Å²) in [4.78, 5) is 8.83. The van der Waals surface area contributed by atoms with Crippen LogP contribution in [-0.4, -0.2) is 29.2 Å². The van der Waals surface area contributed by atoms with Crippen molar-refractivity contribution in [3.8, 4) is 5.75 Å². The minimum absolute atomic E-state index is 0. The number of hydrogen-bond donors (Lipinski definition) is 3. The number of imidazole rings is 1. The molecule has 2 aromatic rings. The Kier molecular flexibility index (Phi) is 3.78. The van der Waals surface area contributed by atoms with Gasteiger partial charge in [0.1, 0.15) is 23.6 Å². The number of quaternary nitrogens is 1. The number of rotatable bonds is 2. The largest absolute Gasteiger partial charge is 1.00 e. The number of halogens is 1. The second-order valence-corrected chi connectivity index (χ2v) is 4.17. The van der Waals surface area contributed by atoms with Gasteiger partial charge < -0.3 is 27.4 Å². The number of benzene rings is 1. The van der Waals surface area contributed by atoms with Crippen LogP contribution in [0.15, 0.2) is 12.1 Å². The summed E-state index contributed by atoms with van der Waals surface area (Å²) in [6, 6.07) is 3.58. The Labute approximate surface area is 101 Å². The summed E-state index contributed by atoms with van der Waals surface area (Å²) < 4.78 is 0. The Balaban J connectivity index is 0.00000128. The van der Waals surface area contributed by atoms with E-state index < -0.39 is 0 Å². The maximum absolute atomic E-state index is 9.80. The first-order chi connectivity index (χ1) is 7.08. The molecule has 1 aromatic heterocycles. The highest BCUT2D eigenvalue weighted by atomic mass is 35.5. The summed E-state index contributed by atoms with van der Waals surface area (Å²) in [6.45, 7) is 2.69. The molecule has 0 amide bonds. The van der Waals surface area contributed by atoms with Crippen molar-refractivity contribution in [3.63, 3.8) is 0 Å². The van der Waals surface area contributed by atoms with E-state index in [1.54, 1.807) is 6.07 Å². The van der Waals surface area contributed by atoms with Crippen LogP contribution in [-0.2, 0) is 6.54 Å². The molecule has 88 valence electrons. The summed E-state index contributed by atoms with van der Waals surface area (Å²) in [7, 11) is 4.11. The molecule has 0 fully saturated rings. The van der Waals surface area contributed by atoms with Gasteiger partial charge in [0, 0.05) is 0 Å². The van der Waals surface area contributed by atoms with Crippen LogP contribution in [0, 0.1) is 6.92 Å². The lowest BCUT2D eigenvalue weighted by atomic mass is 10.1. The maximum Gasteiger partial charge on any atom is 0.126 e. The van der Waals surface area contributed by atoms with Crippen molar-refractivity contribution in [2.24, 2.45) is 0 Å². The second kappa shape index (κ2) is 4.72. The SMILES string of the molecule is Cc1nc2c(C[NH+](C)C)c(O)ccc2[nH]1.[Cl-]. The lowest BCUT2D eigenvalue weighted by Gasteiger charge is -2.09. The molecular weight excluding hydrogens is 226 g/mol. The topological polar surface area (TPSA) is 53.4 Å². The lowest BCUT2D eigenvalue weighted by Crippen LogP contribution is -3.04. The molecule has 1 heterocycles. The summed E-state index contributed by atoms with van der Waals surface area (Å²) in [5.41, 5.74) is 2.78. The van der Waals surface area contributed by atoms with E-state index in [2.05, 4.69) is 24.1 Å². The summed E-state index contributed by atoms with van der Waals surface area (Å²) in [5.74, 6) is 1.21. The minimum atomic E-state index is 0. The number of fused-ring (bicyclic) bond motifs is 1. The Morgan fingerprint density at radius 2 is 2.06 bits per heavy atom. The number of nitrogens with zero attached hydrogens (tertiary/aromatic N) is 1. The number of aromatic hydroxyl groups is 1. The van der Waals surface area contributed by atoms with Crippen LogP contribution < -0.4 is 17.3 Å². The fourth-order valence-electron chi connectivity index (χ4n) is 1.77. The third kappa shape index (κ3) is 2.28. The van der Waals surface area contributed by atoms with E-state index in [0.717, 1.165) is 29.0 Å². The monoisotopic (exact) mass is 241 g/mol. The molecule has 0 aliphatic heterocycles. The first kappa shape index (κ1) is 12.8. The number of phenols is 1.